The van der Waals surface area contributed by atoms with Gasteiger partial charge in [0.15, 0.2) is 0 Å². The Bertz CT molecular complexity index is 320. The van der Waals surface area contributed by atoms with Crippen LogP contribution in [0.25, 0.3) is 0 Å². The van der Waals surface area contributed by atoms with Gasteiger partial charge in [0.2, 0.25) is 0 Å². The Labute approximate surface area is 181 Å². The molecule has 0 radical (unpaired) electrons. The van der Waals surface area contributed by atoms with E-state index in [0.29, 0.717) is 0 Å². The maximum atomic E-state index is 2.50. The first-order chi connectivity index (χ1) is 13.3. The molecule has 0 aromatic carbocycles. The summed E-state index contributed by atoms with van der Waals surface area (Å²) >= 11 is 0. The van der Waals surface area contributed by atoms with Gasteiger partial charge in [0.25, 0.3) is 0 Å². The summed E-state index contributed by atoms with van der Waals surface area (Å²) in [4.78, 5) is 0. The Kier molecular flexibility index (Phi) is 17.8. The van der Waals surface area contributed by atoms with Crippen molar-refractivity contribution in [2.75, 3.05) is 0 Å². The van der Waals surface area contributed by atoms with Crippen LogP contribution in [0.3, 0.4) is 0 Å². The molecule has 0 aliphatic carbocycles. The van der Waals surface area contributed by atoms with E-state index in [1.54, 1.807) is 0 Å². The van der Waals surface area contributed by atoms with Crippen molar-refractivity contribution >= 4 is 0 Å². The van der Waals surface area contributed by atoms with E-state index < -0.39 is 0 Å². The Balaban J connectivity index is 3.73. The van der Waals surface area contributed by atoms with Gasteiger partial charge >= 0.3 is 0 Å². The fraction of sp³-hybridized carbons (Fsp3) is 1.00. The second-order valence-corrected chi connectivity index (χ2v) is 11.1. The highest BCUT2D eigenvalue weighted by Crippen LogP contribution is 2.28. The van der Waals surface area contributed by atoms with Gasteiger partial charge in [-0.05, 0) is 61.2 Å². The minimum Gasteiger partial charge on any atom is -0.0654 e. The van der Waals surface area contributed by atoms with Gasteiger partial charge in [-0.1, -0.05) is 120 Å². The molecule has 28 heavy (non-hydrogen) atoms. The van der Waals surface area contributed by atoms with E-state index in [1.807, 2.05) is 0 Å². The largest absolute Gasteiger partial charge is 0.0654 e. The number of unbranched alkanes of at least 4 members (excludes halogenated alkanes) is 3. The molecule has 0 unspecified atom stereocenters. The highest BCUT2D eigenvalue weighted by atomic mass is 14.2. The van der Waals surface area contributed by atoms with Crippen molar-refractivity contribution in [2.24, 2.45) is 35.5 Å². The minimum atomic E-state index is 0.906. The summed E-state index contributed by atoms with van der Waals surface area (Å²) in [5, 5.41) is 0. The topological polar surface area (TPSA) is 0 Å². The van der Waals surface area contributed by atoms with Gasteiger partial charge in [0, 0.05) is 0 Å². The van der Waals surface area contributed by atoms with Crippen LogP contribution in [0.2, 0.25) is 0 Å². The zero-order chi connectivity index (χ0) is 21.4. The molecule has 0 nitrogen and oxygen atoms in total. The van der Waals surface area contributed by atoms with Gasteiger partial charge in [-0.2, -0.15) is 0 Å². The third-order valence-electron chi connectivity index (χ3n) is 6.94. The maximum Gasteiger partial charge on any atom is -0.0438 e. The molecule has 0 aliphatic heterocycles. The summed E-state index contributed by atoms with van der Waals surface area (Å²) in [6.07, 6.45) is 20.0. The molecule has 0 aliphatic rings. The van der Waals surface area contributed by atoms with Crippen molar-refractivity contribution < 1.29 is 0 Å². The van der Waals surface area contributed by atoms with E-state index >= 15 is 0 Å². The lowest BCUT2D eigenvalue weighted by Gasteiger charge is -2.23. The zero-order valence-electron chi connectivity index (χ0n) is 21.4. The quantitative estimate of drug-likeness (QED) is 0.191. The van der Waals surface area contributed by atoms with E-state index in [9.17, 15) is 0 Å². The monoisotopic (exact) mass is 394 g/mol. The molecule has 0 saturated carbocycles. The van der Waals surface area contributed by atoms with Crippen LogP contribution in [0.1, 0.15) is 145 Å². The van der Waals surface area contributed by atoms with Crippen LogP contribution in [-0.4, -0.2) is 0 Å². The zero-order valence-corrected chi connectivity index (χ0v) is 21.4. The summed E-state index contributed by atoms with van der Waals surface area (Å²) in [6, 6.07) is 0. The fourth-order valence-electron chi connectivity index (χ4n) is 5.62. The molecule has 0 aromatic rings. The standard InChI is InChI=1S/C28H58/c1-9-11-16-24(4)19-25(5)17-13-12-14-18-26(6)21-28(8)22-27(7)20-23(3)15-10-2/h23-28H,9-22H2,1-8H3/t23-,24+,25-,26-,27+,28+/m1/s1. The Morgan fingerprint density at radius 2 is 0.714 bits per heavy atom. The first-order valence-corrected chi connectivity index (χ1v) is 13.3. The van der Waals surface area contributed by atoms with Crippen LogP contribution in [0.15, 0.2) is 0 Å². The average Bonchev–Trinajstić information content (AvgIpc) is 2.59. The van der Waals surface area contributed by atoms with Gasteiger partial charge in [-0.15, -0.1) is 0 Å². The normalized spacial score (nSPS) is 18.4. The van der Waals surface area contributed by atoms with E-state index in [1.165, 1.54) is 89.9 Å². The lowest BCUT2D eigenvalue weighted by atomic mass is 9.83. The molecular formula is C28H58. The summed E-state index contributed by atoms with van der Waals surface area (Å²) in [7, 11) is 0. The van der Waals surface area contributed by atoms with E-state index in [-0.39, 0.29) is 0 Å². The lowest BCUT2D eigenvalue weighted by Crippen LogP contribution is -2.10. The first kappa shape index (κ1) is 28.0. The van der Waals surface area contributed by atoms with Crippen LogP contribution in [-0.2, 0) is 0 Å². The Hall–Kier alpha value is 0. The Morgan fingerprint density at radius 1 is 0.357 bits per heavy atom. The van der Waals surface area contributed by atoms with Gasteiger partial charge < -0.3 is 0 Å². The molecule has 170 valence electrons. The molecule has 0 amide bonds. The number of rotatable bonds is 19. The summed E-state index contributed by atoms with van der Waals surface area (Å²) in [5.74, 6) is 5.52. The molecule has 6 atom stereocenters. The van der Waals surface area contributed by atoms with Crippen LogP contribution in [0, 0.1) is 35.5 Å². The molecule has 0 spiro atoms. The maximum absolute atomic E-state index is 2.50. The second kappa shape index (κ2) is 17.8. The molecule has 0 heteroatoms. The summed E-state index contributed by atoms with van der Waals surface area (Å²) < 4.78 is 0. The highest BCUT2D eigenvalue weighted by Gasteiger charge is 2.15. The predicted octanol–water partition coefficient (Wildman–Crippen LogP) is 10.3. The van der Waals surface area contributed by atoms with E-state index in [2.05, 4.69) is 55.4 Å². The molecular weight excluding hydrogens is 336 g/mol. The van der Waals surface area contributed by atoms with Gasteiger partial charge in [-0.25, -0.2) is 0 Å². The minimum absolute atomic E-state index is 0.906. The molecule has 0 fully saturated rings. The van der Waals surface area contributed by atoms with Gasteiger partial charge in [0.1, 0.15) is 0 Å². The Morgan fingerprint density at radius 3 is 1.14 bits per heavy atom. The highest BCUT2D eigenvalue weighted by molar-refractivity contribution is 4.67. The molecule has 0 N–H and O–H groups in total. The molecule has 0 saturated heterocycles. The van der Waals surface area contributed by atoms with Crippen LogP contribution in [0.5, 0.6) is 0 Å². The summed E-state index contributed by atoms with van der Waals surface area (Å²) in [6.45, 7) is 19.5. The third-order valence-corrected chi connectivity index (χ3v) is 6.94. The SMILES string of the molecule is CCCC[C@H](C)C[C@H](C)CCCCC[C@@H](C)C[C@H](C)C[C@@H](C)C[C@H](C)CCC. The number of hydrogen-bond acceptors (Lipinski definition) is 0. The van der Waals surface area contributed by atoms with Crippen molar-refractivity contribution in [2.45, 2.75) is 145 Å². The second-order valence-electron chi connectivity index (χ2n) is 11.1. The van der Waals surface area contributed by atoms with E-state index in [4.69, 9.17) is 0 Å². The molecule has 0 aromatic heterocycles. The third kappa shape index (κ3) is 16.9. The van der Waals surface area contributed by atoms with Crippen LogP contribution in [0.4, 0.5) is 0 Å². The van der Waals surface area contributed by atoms with Crippen molar-refractivity contribution in [1.82, 2.24) is 0 Å². The molecule has 0 heterocycles. The molecule has 0 rings (SSSR count). The van der Waals surface area contributed by atoms with Crippen LogP contribution < -0.4 is 0 Å². The van der Waals surface area contributed by atoms with Gasteiger partial charge in [-0.3, -0.25) is 0 Å². The fourth-order valence-corrected chi connectivity index (χ4v) is 5.62. The number of hydrogen-bond donors (Lipinski definition) is 0. The predicted molar refractivity (Wildman–Crippen MR) is 131 cm³/mol. The smallest absolute Gasteiger partial charge is 0.0438 e. The lowest BCUT2D eigenvalue weighted by molar-refractivity contribution is 0.292. The van der Waals surface area contributed by atoms with Crippen molar-refractivity contribution in [1.29, 1.82) is 0 Å². The van der Waals surface area contributed by atoms with Crippen molar-refractivity contribution in [3.05, 3.63) is 0 Å². The van der Waals surface area contributed by atoms with E-state index in [0.717, 1.165) is 35.5 Å². The van der Waals surface area contributed by atoms with Crippen molar-refractivity contribution in [3.63, 3.8) is 0 Å². The van der Waals surface area contributed by atoms with Crippen molar-refractivity contribution in [3.8, 4) is 0 Å². The van der Waals surface area contributed by atoms with Crippen LogP contribution >= 0.6 is 0 Å². The first-order valence-electron chi connectivity index (χ1n) is 13.3. The van der Waals surface area contributed by atoms with Gasteiger partial charge in [0.05, 0.1) is 0 Å². The average molecular weight is 395 g/mol. The molecule has 0 bridgehead atoms. The summed E-state index contributed by atoms with van der Waals surface area (Å²) in [5.41, 5.74) is 0.